The number of non-ortho nitro benzene ring substituents is 1. The zero-order valence-electron chi connectivity index (χ0n) is 16.4. The van der Waals surface area contributed by atoms with Gasteiger partial charge in [0, 0.05) is 18.4 Å². The van der Waals surface area contributed by atoms with Crippen LogP contribution >= 0.6 is 0 Å². The molecule has 2 aromatic rings. The van der Waals surface area contributed by atoms with Crippen LogP contribution in [0.5, 0.6) is 0 Å². The number of carbonyl (C=O) groups is 3. The maximum atomic E-state index is 12.8. The van der Waals surface area contributed by atoms with Crippen molar-refractivity contribution < 1.29 is 32.5 Å². The van der Waals surface area contributed by atoms with Crippen LogP contribution < -0.4 is 0 Å². The molecule has 3 rings (SSSR count). The highest BCUT2D eigenvalue weighted by atomic mass is 32.2. The number of hydrogen-bond donors (Lipinski definition) is 0. The number of nitro groups is 1. The second-order valence-electron chi connectivity index (χ2n) is 6.99. The maximum absolute atomic E-state index is 12.8. The number of nitrogens with zero attached hydrogens (tertiary/aromatic N) is 2. The number of nitro benzene ring substituents is 1. The molecular formula is C20H18N2O8S. The number of esters is 1. The predicted octanol–water partition coefficient (Wildman–Crippen LogP) is 1.74. The van der Waals surface area contributed by atoms with E-state index >= 15 is 0 Å². The van der Waals surface area contributed by atoms with Gasteiger partial charge in [-0.05, 0) is 24.1 Å². The lowest BCUT2D eigenvalue weighted by Crippen LogP contribution is -2.46. The molecule has 0 radical (unpaired) electrons. The molecule has 0 N–H and O–H groups in total. The van der Waals surface area contributed by atoms with E-state index in [4.69, 9.17) is 4.74 Å². The molecule has 1 aliphatic heterocycles. The van der Waals surface area contributed by atoms with Crippen molar-refractivity contribution in [3.63, 3.8) is 0 Å². The molecule has 0 aliphatic carbocycles. The van der Waals surface area contributed by atoms with E-state index in [1.807, 2.05) is 0 Å². The van der Waals surface area contributed by atoms with Gasteiger partial charge in [0.05, 0.1) is 21.8 Å². The van der Waals surface area contributed by atoms with Gasteiger partial charge in [0.2, 0.25) is 0 Å². The first-order chi connectivity index (χ1) is 14.6. The van der Waals surface area contributed by atoms with E-state index in [9.17, 15) is 32.9 Å². The van der Waals surface area contributed by atoms with Crippen molar-refractivity contribution in [2.24, 2.45) is 0 Å². The molecule has 0 saturated heterocycles. The summed E-state index contributed by atoms with van der Waals surface area (Å²) in [5.74, 6) is -2.86. The number of imide groups is 1. The number of sulfone groups is 1. The molecule has 11 heteroatoms. The Kier molecular flexibility index (Phi) is 6.16. The van der Waals surface area contributed by atoms with Crippen LogP contribution in [-0.2, 0) is 26.0 Å². The summed E-state index contributed by atoms with van der Waals surface area (Å²) in [5, 5.41) is 10.9. The van der Waals surface area contributed by atoms with Crippen LogP contribution in [0.1, 0.15) is 32.7 Å². The van der Waals surface area contributed by atoms with E-state index in [1.165, 1.54) is 36.4 Å². The van der Waals surface area contributed by atoms with E-state index in [1.54, 1.807) is 12.1 Å². The number of fused-ring (bicyclic) bond motifs is 1. The zero-order valence-corrected chi connectivity index (χ0v) is 17.2. The van der Waals surface area contributed by atoms with Gasteiger partial charge in [-0.2, -0.15) is 0 Å². The average molecular weight is 446 g/mol. The lowest BCUT2D eigenvalue weighted by molar-refractivity contribution is -0.384. The number of ether oxygens (including phenoxy) is 1. The molecule has 0 bridgehead atoms. The highest BCUT2D eigenvalue weighted by molar-refractivity contribution is 7.90. The van der Waals surface area contributed by atoms with Gasteiger partial charge in [-0.15, -0.1) is 0 Å². The third-order valence-corrected chi connectivity index (χ3v) is 5.65. The van der Waals surface area contributed by atoms with Crippen LogP contribution in [-0.4, -0.2) is 54.1 Å². The van der Waals surface area contributed by atoms with Crippen molar-refractivity contribution in [3.05, 3.63) is 75.3 Å². The monoisotopic (exact) mass is 446 g/mol. The fourth-order valence-corrected chi connectivity index (χ4v) is 3.83. The number of benzene rings is 2. The first kappa shape index (κ1) is 22.1. The first-order valence-electron chi connectivity index (χ1n) is 9.13. The van der Waals surface area contributed by atoms with Gasteiger partial charge in [0.1, 0.15) is 22.5 Å². The van der Waals surface area contributed by atoms with Gasteiger partial charge >= 0.3 is 5.97 Å². The largest absolute Gasteiger partial charge is 0.459 e. The Hall–Kier alpha value is -3.60. The molecule has 0 saturated carbocycles. The van der Waals surface area contributed by atoms with Crippen LogP contribution in [0.4, 0.5) is 5.69 Å². The van der Waals surface area contributed by atoms with Crippen molar-refractivity contribution in [1.82, 2.24) is 4.90 Å². The Bertz CT molecular complexity index is 1140. The molecule has 0 fully saturated rings. The minimum atomic E-state index is -3.50. The van der Waals surface area contributed by atoms with E-state index in [2.05, 4.69) is 0 Å². The molecule has 31 heavy (non-hydrogen) atoms. The van der Waals surface area contributed by atoms with Crippen LogP contribution in [0, 0.1) is 10.1 Å². The Morgan fingerprint density at radius 1 is 1.10 bits per heavy atom. The number of hydrogen-bond acceptors (Lipinski definition) is 8. The van der Waals surface area contributed by atoms with Crippen molar-refractivity contribution in [2.45, 2.75) is 19.1 Å². The fourth-order valence-electron chi connectivity index (χ4n) is 3.18. The van der Waals surface area contributed by atoms with Crippen molar-refractivity contribution >= 4 is 33.3 Å². The van der Waals surface area contributed by atoms with Gasteiger partial charge in [-0.3, -0.25) is 24.6 Å². The topological polar surface area (TPSA) is 141 Å². The second-order valence-corrected chi connectivity index (χ2v) is 9.25. The number of rotatable bonds is 8. The molecule has 2 aromatic carbocycles. The number of carbonyl (C=O) groups excluding carboxylic acids is 3. The van der Waals surface area contributed by atoms with Gasteiger partial charge in [-0.25, -0.2) is 13.2 Å². The quantitative estimate of drug-likeness (QED) is 0.258. The van der Waals surface area contributed by atoms with Gasteiger partial charge < -0.3 is 4.74 Å². The summed E-state index contributed by atoms with van der Waals surface area (Å²) in [6.45, 7) is -0.348. The third-order valence-electron chi connectivity index (χ3n) is 4.67. The van der Waals surface area contributed by atoms with Crippen LogP contribution in [0.2, 0.25) is 0 Å². The van der Waals surface area contributed by atoms with E-state index in [0.29, 0.717) is 10.5 Å². The summed E-state index contributed by atoms with van der Waals surface area (Å²) >= 11 is 0. The van der Waals surface area contributed by atoms with Gasteiger partial charge in [0.25, 0.3) is 17.5 Å². The van der Waals surface area contributed by atoms with Crippen molar-refractivity contribution in [3.8, 4) is 0 Å². The molecule has 10 nitrogen and oxygen atoms in total. The standard InChI is InChI=1S/C20H18N2O8S/c1-31(28,29)10-9-17(21-18(23)15-7-2-3-8-16(15)19(21)24)20(25)30-12-13-5-4-6-14(11-13)22(26)27/h2-8,11,17H,9-10,12H2,1H3/t17-/m1/s1. The van der Waals surface area contributed by atoms with Gasteiger partial charge in [-0.1, -0.05) is 24.3 Å². The Balaban J connectivity index is 1.83. The van der Waals surface area contributed by atoms with Crippen LogP contribution in [0.15, 0.2) is 48.5 Å². The first-order valence-corrected chi connectivity index (χ1v) is 11.2. The SMILES string of the molecule is CS(=O)(=O)CC[C@H](C(=O)OCc1cccc([N+](=O)[O-])c1)N1C(=O)c2ccccc2C1=O. The predicted molar refractivity (Wildman–Crippen MR) is 108 cm³/mol. The Morgan fingerprint density at radius 2 is 1.71 bits per heavy atom. The molecule has 1 atom stereocenters. The summed E-state index contributed by atoms with van der Waals surface area (Å²) in [6, 6.07) is 10.00. The zero-order chi connectivity index (χ0) is 22.8. The molecule has 0 unspecified atom stereocenters. The lowest BCUT2D eigenvalue weighted by Gasteiger charge is -2.24. The fraction of sp³-hybridized carbons (Fsp3) is 0.250. The molecule has 2 amide bonds. The summed E-state index contributed by atoms with van der Waals surface area (Å²) in [5.41, 5.74) is 0.362. The Morgan fingerprint density at radius 3 is 2.26 bits per heavy atom. The average Bonchev–Trinajstić information content (AvgIpc) is 2.97. The highest BCUT2D eigenvalue weighted by Crippen LogP contribution is 2.26. The summed E-state index contributed by atoms with van der Waals surface area (Å²) in [6.07, 6.45) is 0.638. The molecule has 0 spiro atoms. The summed E-state index contributed by atoms with van der Waals surface area (Å²) in [4.78, 5) is 49.3. The molecule has 0 aromatic heterocycles. The summed E-state index contributed by atoms with van der Waals surface area (Å²) < 4.78 is 28.5. The van der Waals surface area contributed by atoms with E-state index in [-0.39, 0.29) is 29.8 Å². The molecular weight excluding hydrogens is 428 g/mol. The molecule has 1 aliphatic rings. The van der Waals surface area contributed by atoms with Crippen LogP contribution in [0.25, 0.3) is 0 Å². The van der Waals surface area contributed by atoms with Crippen molar-refractivity contribution in [1.29, 1.82) is 0 Å². The lowest BCUT2D eigenvalue weighted by atomic mass is 10.1. The third kappa shape index (κ3) is 4.94. The smallest absolute Gasteiger partial charge is 0.329 e. The minimum Gasteiger partial charge on any atom is -0.459 e. The molecule has 162 valence electrons. The van der Waals surface area contributed by atoms with E-state index in [0.717, 1.165) is 6.26 Å². The highest BCUT2D eigenvalue weighted by Gasteiger charge is 2.43. The van der Waals surface area contributed by atoms with Crippen LogP contribution in [0.3, 0.4) is 0 Å². The Labute approximate surface area is 177 Å². The minimum absolute atomic E-state index is 0.114. The normalized spacial score (nSPS) is 14.3. The molecule has 1 heterocycles. The second kappa shape index (κ2) is 8.64. The van der Waals surface area contributed by atoms with E-state index < -0.39 is 44.3 Å². The summed E-state index contributed by atoms with van der Waals surface area (Å²) in [7, 11) is -3.50. The van der Waals surface area contributed by atoms with Crippen molar-refractivity contribution in [2.75, 3.05) is 12.0 Å². The van der Waals surface area contributed by atoms with Gasteiger partial charge in [0.15, 0.2) is 0 Å². The maximum Gasteiger partial charge on any atom is 0.329 e. The number of amides is 2.